The Hall–Kier alpha value is -2.60. The van der Waals surface area contributed by atoms with Gasteiger partial charge in [0.15, 0.2) is 17.6 Å². The molecule has 1 amide bonds. The topological polar surface area (TPSA) is 66.0 Å². The van der Waals surface area contributed by atoms with Crippen molar-refractivity contribution in [3.8, 4) is 23.0 Å². The number of hydrogen-bond donors (Lipinski definition) is 1. The molecule has 2 aromatic carbocycles. The Balaban J connectivity index is 2.04. The van der Waals surface area contributed by atoms with Crippen molar-refractivity contribution in [2.24, 2.45) is 0 Å². The summed E-state index contributed by atoms with van der Waals surface area (Å²) < 4.78 is 21.6. The van der Waals surface area contributed by atoms with E-state index < -0.39 is 6.10 Å². The van der Waals surface area contributed by atoms with Crippen molar-refractivity contribution in [2.45, 2.75) is 19.6 Å². The predicted octanol–water partition coefficient (Wildman–Crippen LogP) is 3.45. The lowest BCUT2D eigenvalue weighted by Gasteiger charge is -2.18. The van der Waals surface area contributed by atoms with Crippen molar-refractivity contribution in [2.75, 3.05) is 21.3 Å². The Bertz CT molecular complexity index is 766. The van der Waals surface area contributed by atoms with Crippen molar-refractivity contribution >= 4 is 17.5 Å². The second-order valence-electron chi connectivity index (χ2n) is 5.43. The summed E-state index contributed by atoms with van der Waals surface area (Å²) in [6, 6.07) is 10.5. The fourth-order valence-electron chi connectivity index (χ4n) is 2.43. The number of rotatable bonds is 8. The molecule has 0 spiro atoms. The minimum absolute atomic E-state index is 0.256. The molecular formula is C19H22ClNO5. The summed E-state index contributed by atoms with van der Waals surface area (Å²) in [6.45, 7) is 1.92. The van der Waals surface area contributed by atoms with E-state index in [4.69, 9.17) is 30.5 Å². The van der Waals surface area contributed by atoms with Crippen LogP contribution in [0.15, 0.2) is 36.4 Å². The lowest BCUT2D eigenvalue weighted by Crippen LogP contribution is -2.36. The lowest BCUT2D eigenvalue weighted by atomic mass is 10.1. The van der Waals surface area contributed by atoms with Crippen molar-refractivity contribution in [3.63, 3.8) is 0 Å². The summed E-state index contributed by atoms with van der Waals surface area (Å²) in [5.74, 6) is 1.81. The fourth-order valence-corrected chi connectivity index (χ4v) is 2.61. The lowest BCUT2D eigenvalue weighted by molar-refractivity contribution is -0.127. The molecule has 1 N–H and O–H groups in total. The van der Waals surface area contributed by atoms with Crippen LogP contribution in [-0.4, -0.2) is 33.3 Å². The van der Waals surface area contributed by atoms with Crippen LogP contribution in [0.1, 0.15) is 12.5 Å². The van der Waals surface area contributed by atoms with E-state index in [9.17, 15) is 4.79 Å². The largest absolute Gasteiger partial charge is 0.493 e. The highest BCUT2D eigenvalue weighted by Crippen LogP contribution is 2.39. The molecule has 0 saturated carbocycles. The van der Waals surface area contributed by atoms with E-state index in [0.29, 0.717) is 28.0 Å². The Kier molecular flexibility index (Phi) is 6.97. The quantitative estimate of drug-likeness (QED) is 0.761. The molecule has 0 saturated heterocycles. The van der Waals surface area contributed by atoms with Gasteiger partial charge in [0.2, 0.25) is 5.75 Å². The average Bonchev–Trinajstić information content (AvgIpc) is 2.64. The van der Waals surface area contributed by atoms with Crippen LogP contribution in [0.4, 0.5) is 0 Å². The molecule has 1 atom stereocenters. The molecule has 2 aromatic rings. The fraction of sp³-hybridized carbons (Fsp3) is 0.316. The molecule has 26 heavy (non-hydrogen) atoms. The minimum Gasteiger partial charge on any atom is -0.493 e. The third kappa shape index (κ3) is 4.73. The number of hydrogen-bond acceptors (Lipinski definition) is 5. The molecule has 0 aliphatic carbocycles. The van der Waals surface area contributed by atoms with Gasteiger partial charge in [-0.1, -0.05) is 17.7 Å². The van der Waals surface area contributed by atoms with E-state index >= 15 is 0 Å². The van der Waals surface area contributed by atoms with Crippen LogP contribution in [-0.2, 0) is 11.3 Å². The van der Waals surface area contributed by atoms with Crippen molar-refractivity contribution in [1.29, 1.82) is 0 Å². The van der Waals surface area contributed by atoms with Gasteiger partial charge in [-0.25, -0.2) is 0 Å². The molecule has 0 aliphatic rings. The van der Waals surface area contributed by atoms with Gasteiger partial charge in [-0.2, -0.15) is 0 Å². The standard InChI is InChI=1S/C19H22ClNO5/c1-12(26-15-7-5-6-14(20)10-15)19(22)21-11-13-8-9-16(23-2)18(25-4)17(13)24-3/h5-10,12H,11H2,1-4H3,(H,21,22). The average molecular weight is 380 g/mol. The van der Waals surface area contributed by atoms with E-state index in [1.54, 1.807) is 44.4 Å². The molecule has 0 fully saturated rings. The maximum Gasteiger partial charge on any atom is 0.261 e. The number of amides is 1. The van der Waals surface area contributed by atoms with Crippen molar-refractivity contribution in [3.05, 3.63) is 47.0 Å². The number of nitrogens with one attached hydrogen (secondary N) is 1. The molecule has 0 bridgehead atoms. The van der Waals surface area contributed by atoms with Gasteiger partial charge in [0, 0.05) is 17.1 Å². The van der Waals surface area contributed by atoms with E-state index in [0.717, 1.165) is 5.56 Å². The van der Waals surface area contributed by atoms with Crippen LogP contribution in [0.2, 0.25) is 5.02 Å². The first kappa shape index (κ1) is 19.7. The number of carbonyl (C=O) groups excluding carboxylic acids is 1. The number of benzene rings is 2. The normalized spacial score (nSPS) is 11.4. The summed E-state index contributed by atoms with van der Waals surface area (Å²) in [4.78, 5) is 12.3. The van der Waals surface area contributed by atoms with Crippen LogP contribution in [0.5, 0.6) is 23.0 Å². The highest BCUT2D eigenvalue weighted by Gasteiger charge is 2.18. The van der Waals surface area contributed by atoms with E-state index in [1.807, 2.05) is 6.07 Å². The third-order valence-corrected chi connectivity index (χ3v) is 3.95. The number of methoxy groups -OCH3 is 3. The number of ether oxygens (including phenoxy) is 4. The molecule has 7 heteroatoms. The van der Waals surface area contributed by atoms with Gasteiger partial charge in [0.05, 0.1) is 21.3 Å². The summed E-state index contributed by atoms with van der Waals surface area (Å²) in [7, 11) is 4.62. The monoisotopic (exact) mass is 379 g/mol. The smallest absolute Gasteiger partial charge is 0.261 e. The van der Waals surface area contributed by atoms with Gasteiger partial charge in [-0.05, 0) is 37.3 Å². The second kappa shape index (κ2) is 9.20. The van der Waals surface area contributed by atoms with Crippen LogP contribution < -0.4 is 24.3 Å². The molecule has 140 valence electrons. The van der Waals surface area contributed by atoms with Gasteiger partial charge in [0.1, 0.15) is 5.75 Å². The summed E-state index contributed by atoms with van der Waals surface area (Å²) in [5, 5.41) is 3.37. The first-order chi connectivity index (χ1) is 12.5. The third-order valence-electron chi connectivity index (χ3n) is 3.72. The van der Waals surface area contributed by atoms with Gasteiger partial charge in [-0.3, -0.25) is 4.79 Å². The second-order valence-corrected chi connectivity index (χ2v) is 5.87. The van der Waals surface area contributed by atoms with Gasteiger partial charge < -0.3 is 24.3 Å². The van der Waals surface area contributed by atoms with Gasteiger partial charge in [0.25, 0.3) is 5.91 Å². The predicted molar refractivity (Wildman–Crippen MR) is 99.5 cm³/mol. The summed E-state index contributed by atoms with van der Waals surface area (Å²) >= 11 is 5.92. The number of halogens is 1. The zero-order valence-corrected chi connectivity index (χ0v) is 15.9. The van der Waals surface area contributed by atoms with E-state index in [2.05, 4.69) is 5.32 Å². The van der Waals surface area contributed by atoms with Gasteiger partial charge >= 0.3 is 0 Å². The van der Waals surface area contributed by atoms with E-state index in [1.165, 1.54) is 14.2 Å². The summed E-state index contributed by atoms with van der Waals surface area (Å²) in [6.07, 6.45) is -0.681. The first-order valence-corrected chi connectivity index (χ1v) is 8.35. The highest BCUT2D eigenvalue weighted by atomic mass is 35.5. The molecule has 0 radical (unpaired) electrons. The summed E-state index contributed by atoms with van der Waals surface area (Å²) in [5.41, 5.74) is 0.758. The van der Waals surface area contributed by atoms with Gasteiger partial charge in [-0.15, -0.1) is 0 Å². The Labute approximate surface area is 158 Å². The zero-order valence-electron chi connectivity index (χ0n) is 15.2. The van der Waals surface area contributed by atoms with Crippen LogP contribution in [0.3, 0.4) is 0 Å². The Morgan fingerprint density at radius 3 is 2.42 bits per heavy atom. The zero-order chi connectivity index (χ0) is 19.1. The molecule has 1 unspecified atom stereocenters. The minimum atomic E-state index is -0.681. The Morgan fingerprint density at radius 1 is 1.08 bits per heavy atom. The maximum atomic E-state index is 12.3. The Morgan fingerprint density at radius 2 is 1.81 bits per heavy atom. The molecule has 0 aromatic heterocycles. The highest BCUT2D eigenvalue weighted by molar-refractivity contribution is 6.30. The van der Waals surface area contributed by atoms with Crippen LogP contribution >= 0.6 is 11.6 Å². The van der Waals surface area contributed by atoms with Crippen molar-refractivity contribution < 1.29 is 23.7 Å². The molecule has 6 nitrogen and oxygen atoms in total. The maximum absolute atomic E-state index is 12.3. The van der Waals surface area contributed by atoms with E-state index in [-0.39, 0.29) is 12.5 Å². The molecular weight excluding hydrogens is 358 g/mol. The first-order valence-electron chi connectivity index (χ1n) is 7.98. The molecule has 0 aliphatic heterocycles. The van der Waals surface area contributed by atoms with Crippen LogP contribution in [0.25, 0.3) is 0 Å². The number of carbonyl (C=O) groups is 1. The van der Waals surface area contributed by atoms with Crippen molar-refractivity contribution in [1.82, 2.24) is 5.32 Å². The molecule has 2 rings (SSSR count). The SMILES string of the molecule is COc1ccc(CNC(=O)C(C)Oc2cccc(Cl)c2)c(OC)c1OC. The molecule has 0 heterocycles. The van der Waals surface area contributed by atoms with Crippen LogP contribution in [0, 0.1) is 0 Å².